The Morgan fingerprint density at radius 1 is 1.04 bits per heavy atom. The summed E-state index contributed by atoms with van der Waals surface area (Å²) < 4.78 is 5.30. The van der Waals surface area contributed by atoms with Crippen LogP contribution in [0.4, 0.5) is 23.0 Å². The minimum atomic E-state index is -0.972. The van der Waals surface area contributed by atoms with Crippen LogP contribution in [0, 0.1) is 0 Å². The number of anilines is 4. The highest BCUT2D eigenvalue weighted by Gasteiger charge is 2.07. The van der Waals surface area contributed by atoms with Gasteiger partial charge in [0.15, 0.2) is 0 Å². The second kappa shape index (κ2) is 7.71. The number of aromatic nitrogens is 2. The Labute approximate surface area is 154 Å². The van der Waals surface area contributed by atoms with E-state index in [0.29, 0.717) is 33.8 Å². The van der Waals surface area contributed by atoms with Crippen LogP contribution in [0.2, 0.25) is 5.02 Å². The number of hydrogen-bond acceptors (Lipinski definition) is 6. The molecule has 0 aliphatic carbocycles. The molecule has 26 heavy (non-hydrogen) atoms. The fourth-order valence-corrected chi connectivity index (χ4v) is 2.43. The van der Waals surface area contributed by atoms with Crippen LogP contribution in [0.3, 0.4) is 0 Å². The molecule has 1 heterocycles. The number of carbonyl (C=O) groups is 1. The van der Waals surface area contributed by atoms with Gasteiger partial charge in [0.25, 0.3) is 0 Å². The van der Waals surface area contributed by atoms with Gasteiger partial charge >= 0.3 is 5.97 Å². The maximum absolute atomic E-state index is 10.9. The van der Waals surface area contributed by atoms with Crippen LogP contribution in [0.15, 0.2) is 54.9 Å². The summed E-state index contributed by atoms with van der Waals surface area (Å²) in [6.07, 6.45) is 1.41. The molecule has 3 rings (SSSR count). The summed E-state index contributed by atoms with van der Waals surface area (Å²) in [5.74, 6) is 0.754. The van der Waals surface area contributed by atoms with Crippen molar-refractivity contribution in [2.45, 2.75) is 0 Å². The van der Waals surface area contributed by atoms with Crippen molar-refractivity contribution in [3.05, 3.63) is 65.4 Å². The SMILES string of the molecule is COc1ccc(Cl)cc1Nc1cc(Nc2ccc(C(=O)O)cc2)ncn1. The van der Waals surface area contributed by atoms with Gasteiger partial charge in [0.1, 0.15) is 23.7 Å². The first-order chi connectivity index (χ1) is 12.5. The van der Waals surface area contributed by atoms with Gasteiger partial charge in [-0.3, -0.25) is 0 Å². The zero-order chi connectivity index (χ0) is 18.5. The molecule has 0 aliphatic rings. The van der Waals surface area contributed by atoms with Gasteiger partial charge in [-0.05, 0) is 42.5 Å². The van der Waals surface area contributed by atoms with Crippen molar-refractivity contribution < 1.29 is 14.6 Å². The molecule has 0 radical (unpaired) electrons. The predicted octanol–water partition coefficient (Wildman–Crippen LogP) is 4.32. The quantitative estimate of drug-likeness (QED) is 0.594. The normalized spacial score (nSPS) is 10.2. The van der Waals surface area contributed by atoms with Crippen molar-refractivity contribution in [2.75, 3.05) is 17.7 Å². The van der Waals surface area contributed by atoms with Crippen molar-refractivity contribution in [3.8, 4) is 5.75 Å². The number of rotatable bonds is 6. The summed E-state index contributed by atoms with van der Waals surface area (Å²) >= 11 is 6.03. The number of methoxy groups -OCH3 is 1. The summed E-state index contributed by atoms with van der Waals surface area (Å²) in [6.45, 7) is 0. The molecule has 0 saturated carbocycles. The number of benzene rings is 2. The van der Waals surface area contributed by atoms with Gasteiger partial charge in [-0.1, -0.05) is 11.6 Å². The van der Waals surface area contributed by atoms with E-state index < -0.39 is 5.97 Å². The predicted molar refractivity (Wildman–Crippen MR) is 100 cm³/mol. The minimum Gasteiger partial charge on any atom is -0.495 e. The molecule has 0 bridgehead atoms. The molecular weight excluding hydrogens is 356 g/mol. The van der Waals surface area contributed by atoms with Gasteiger partial charge in [-0.2, -0.15) is 0 Å². The second-order valence-electron chi connectivity index (χ2n) is 5.27. The Morgan fingerprint density at radius 3 is 2.38 bits per heavy atom. The number of nitrogens with one attached hydrogen (secondary N) is 2. The Kier molecular flexibility index (Phi) is 5.19. The fraction of sp³-hybridized carbons (Fsp3) is 0.0556. The van der Waals surface area contributed by atoms with E-state index in [0.717, 1.165) is 0 Å². The standard InChI is InChI=1S/C18H15ClN4O3/c1-26-15-7-4-12(19)8-14(15)23-17-9-16(20-10-21-17)22-13-5-2-11(3-6-13)18(24)25/h2-10H,1H3,(H,24,25)(H2,20,21,22,23). The smallest absolute Gasteiger partial charge is 0.335 e. The molecule has 132 valence electrons. The number of hydrogen-bond donors (Lipinski definition) is 3. The topological polar surface area (TPSA) is 96.4 Å². The highest BCUT2D eigenvalue weighted by atomic mass is 35.5. The molecule has 3 N–H and O–H groups in total. The van der Waals surface area contributed by atoms with E-state index in [1.54, 1.807) is 43.5 Å². The molecule has 2 aromatic carbocycles. The molecule has 0 saturated heterocycles. The van der Waals surface area contributed by atoms with Gasteiger partial charge in [0.2, 0.25) is 0 Å². The van der Waals surface area contributed by atoms with E-state index in [2.05, 4.69) is 20.6 Å². The lowest BCUT2D eigenvalue weighted by Crippen LogP contribution is -2.00. The Hall–Kier alpha value is -3.32. The Bertz CT molecular complexity index is 932. The van der Waals surface area contributed by atoms with Gasteiger partial charge in [-0.25, -0.2) is 14.8 Å². The largest absolute Gasteiger partial charge is 0.495 e. The third kappa shape index (κ3) is 4.20. The van der Waals surface area contributed by atoms with Crippen molar-refractivity contribution >= 4 is 40.6 Å². The summed E-state index contributed by atoms with van der Waals surface area (Å²) in [6, 6.07) is 13.3. The zero-order valence-corrected chi connectivity index (χ0v) is 14.5. The highest BCUT2D eigenvalue weighted by Crippen LogP contribution is 2.30. The lowest BCUT2D eigenvalue weighted by molar-refractivity contribution is 0.0697. The molecule has 0 unspecified atom stereocenters. The molecular formula is C18H15ClN4O3. The molecule has 1 aromatic heterocycles. The summed E-state index contributed by atoms with van der Waals surface area (Å²) in [4.78, 5) is 19.2. The number of carboxylic acid groups (broad SMARTS) is 1. The van der Waals surface area contributed by atoms with Crippen molar-refractivity contribution in [2.24, 2.45) is 0 Å². The first-order valence-corrected chi connectivity index (χ1v) is 7.96. The highest BCUT2D eigenvalue weighted by molar-refractivity contribution is 6.31. The summed E-state index contributed by atoms with van der Waals surface area (Å²) in [5.41, 5.74) is 1.60. The van der Waals surface area contributed by atoms with Crippen LogP contribution in [-0.4, -0.2) is 28.2 Å². The van der Waals surface area contributed by atoms with Gasteiger partial charge in [0, 0.05) is 16.8 Å². The monoisotopic (exact) mass is 370 g/mol. The number of halogens is 1. The van der Waals surface area contributed by atoms with E-state index >= 15 is 0 Å². The molecule has 3 aromatic rings. The first kappa shape index (κ1) is 17.5. The maximum atomic E-state index is 10.9. The zero-order valence-electron chi connectivity index (χ0n) is 13.7. The number of carboxylic acids is 1. The third-order valence-electron chi connectivity index (χ3n) is 3.50. The minimum absolute atomic E-state index is 0.216. The average Bonchev–Trinajstić information content (AvgIpc) is 2.63. The molecule has 0 atom stereocenters. The summed E-state index contributed by atoms with van der Waals surface area (Å²) in [5, 5.41) is 15.7. The number of nitrogens with zero attached hydrogens (tertiary/aromatic N) is 2. The van der Waals surface area contributed by atoms with Crippen LogP contribution in [0.5, 0.6) is 5.75 Å². The maximum Gasteiger partial charge on any atom is 0.335 e. The molecule has 0 aliphatic heterocycles. The number of ether oxygens (including phenoxy) is 1. The van der Waals surface area contributed by atoms with Crippen LogP contribution < -0.4 is 15.4 Å². The molecule has 7 nitrogen and oxygen atoms in total. The third-order valence-corrected chi connectivity index (χ3v) is 3.73. The van der Waals surface area contributed by atoms with Gasteiger partial charge in [0.05, 0.1) is 18.4 Å². The fourth-order valence-electron chi connectivity index (χ4n) is 2.25. The second-order valence-corrected chi connectivity index (χ2v) is 5.70. The number of aromatic carboxylic acids is 1. The molecule has 0 spiro atoms. The average molecular weight is 371 g/mol. The molecule has 8 heteroatoms. The Balaban J connectivity index is 1.78. The van der Waals surface area contributed by atoms with E-state index in [-0.39, 0.29) is 5.56 Å². The van der Waals surface area contributed by atoms with E-state index in [1.807, 2.05) is 0 Å². The van der Waals surface area contributed by atoms with E-state index in [1.165, 1.54) is 18.5 Å². The van der Waals surface area contributed by atoms with E-state index in [9.17, 15) is 4.79 Å². The summed E-state index contributed by atoms with van der Waals surface area (Å²) in [7, 11) is 1.57. The van der Waals surface area contributed by atoms with E-state index in [4.69, 9.17) is 21.4 Å². The molecule has 0 fully saturated rings. The van der Waals surface area contributed by atoms with Crippen molar-refractivity contribution in [1.29, 1.82) is 0 Å². The first-order valence-electron chi connectivity index (χ1n) is 7.58. The van der Waals surface area contributed by atoms with Crippen LogP contribution in [0.25, 0.3) is 0 Å². The lowest BCUT2D eigenvalue weighted by Gasteiger charge is -2.12. The molecule has 0 amide bonds. The van der Waals surface area contributed by atoms with Crippen molar-refractivity contribution in [3.63, 3.8) is 0 Å². The van der Waals surface area contributed by atoms with Gasteiger partial charge < -0.3 is 20.5 Å². The van der Waals surface area contributed by atoms with Crippen LogP contribution in [-0.2, 0) is 0 Å². The lowest BCUT2D eigenvalue weighted by atomic mass is 10.2. The van der Waals surface area contributed by atoms with Crippen LogP contribution in [0.1, 0.15) is 10.4 Å². The van der Waals surface area contributed by atoms with Crippen LogP contribution >= 0.6 is 11.6 Å². The van der Waals surface area contributed by atoms with Gasteiger partial charge in [-0.15, -0.1) is 0 Å². The van der Waals surface area contributed by atoms with Crippen molar-refractivity contribution in [1.82, 2.24) is 9.97 Å². The Morgan fingerprint density at radius 2 is 1.73 bits per heavy atom.